The largest absolute Gasteiger partial charge is 0.480 e. The maximum Gasteiger partial charge on any atom is 0.326 e. The molecule has 1 rings (SSSR count). The number of aliphatic carboxylic acids is 1. The molecule has 0 bridgehead atoms. The van der Waals surface area contributed by atoms with Gasteiger partial charge in [0.15, 0.2) is 5.96 Å². The first-order valence-electron chi connectivity index (χ1n) is 11.5. The van der Waals surface area contributed by atoms with Crippen molar-refractivity contribution in [2.45, 2.75) is 63.7 Å². The molecule has 1 aromatic heterocycles. The van der Waals surface area contributed by atoms with Gasteiger partial charge in [0, 0.05) is 30.6 Å². The zero-order valence-electron chi connectivity index (χ0n) is 20.4. The number of nitrogens with zero attached hydrogens (tertiary/aromatic N) is 2. The molecule has 0 aliphatic rings. The van der Waals surface area contributed by atoms with E-state index in [2.05, 4.69) is 43.5 Å². The molecule has 5 atom stereocenters. The fraction of sp³-hybridized carbons (Fsp3) is 0.619. The van der Waals surface area contributed by atoms with Crippen molar-refractivity contribution in [2.75, 3.05) is 12.3 Å². The summed E-state index contributed by atoms with van der Waals surface area (Å²) in [5, 5.41) is 17.1. The number of carbonyl (C=O) groups is 4. The molecule has 0 spiro atoms. The lowest BCUT2D eigenvalue weighted by Crippen LogP contribution is -2.58. The molecule has 1 aromatic rings. The molecule has 202 valence electrons. The Hall–Kier alpha value is -3.33. The summed E-state index contributed by atoms with van der Waals surface area (Å²) < 4.78 is 0. The van der Waals surface area contributed by atoms with E-state index in [-0.39, 0.29) is 37.0 Å². The van der Waals surface area contributed by atoms with Gasteiger partial charge in [-0.2, -0.15) is 12.6 Å². The quantitative estimate of drug-likeness (QED) is 0.0491. The molecule has 0 fully saturated rings. The number of H-pyrrole nitrogens is 1. The van der Waals surface area contributed by atoms with Crippen molar-refractivity contribution < 1.29 is 24.3 Å². The normalized spacial score (nSPS) is 15.0. The Labute approximate surface area is 215 Å². The molecule has 0 aromatic carbocycles. The number of imidazole rings is 1. The highest BCUT2D eigenvalue weighted by molar-refractivity contribution is 7.80. The van der Waals surface area contributed by atoms with Gasteiger partial charge < -0.3 is 43.2 Å². The van der Waals surface area contributed by atoms with Crippen LogP contribution in [0.2, 0.25) is 0 Å². The minimum absolute atomic E-state index is 0.00245. The van der Waals surface area contributed by atoms with E-state index in [0.29, 0.717) is 18.5 Å². The monoisotopic (exact) mass is 527 g/mol. The molecule has 36 heavy (non-hydrogen) atoms. The third kappa shape index (κ3) is 10.5. The van der Waals surface area contributed by atoms with Crippen LogP contribution in [0.3, 0.4) is 0 Å². The van der Waals surface area contributed by atoms with Crippen LogP contribution in [0.25, 0.3) is 0 Å². The minimum atomic E-state index is -1.25. The van der Waals surface area contributed by atoms with Crippen molar-refractivity contribution >= 4 is 42.3 Å². The number of thiol groups is 1. The molecule has 0 aliphatic heterocycles. The van der Waals surface area contributed by atoms with E-state index < -0.39 is 47.9 Å². The van der Waals surface area contributed by atoms with E-state index in [0.717, 1.165) is 0 Å². The summed E-state index contributed by atoms with van der Waals surface area (Å²) in [6.45, 7) is 3.91. The van der Waals surface area contributed by atoms with Crippen LogP contribution in [0.15, 0.2) is 17.5 Å². The number of carboxylic acid groups (broad SMARTS) is 1. The number of aromatic nitrogens is 2. The average Bonchev–Trinajstić information content (AvgIpc) is 3.35. The first-order valence-corrected chi connectivity index (χ1v) is 12.2. The van der Waals surface area contributed by atoms with Gasteiger partial charge in [-0.15, -0.1) is 0 Å². The summed E-state index contributed by atoms with van der Waals surface area (Å²) in [7, 11) is 0. The van der Waals surface area contributed by atoms with Gasteiger partial charge in [0.2, 0.25) is 17.7 Å². The molecule has 5 unspecified atom stereocenters. The first kappa shape index (κ1) is 30.7. The van der Waals surface area contributed by atoms with Crippen LogP contribution in [0.1, 0.15) is 38.8 Å². The summed E-state index contributed by atoms with van der Waals surface area (Å²) >= 11 is 4.14. The maximum absolute atomic E-state index is 13.0. The lowest BCUT2D eigenvalue weighted by atomic mass is 9.99. The lowest BCUT2D eigenvalue weighted by molar-refractivity contribution is -0.142. The van der Waals surface area contributed by atoms with Gasteiger partial charge in [0.1, 0.15) is 18.1 Å². The highest BCUT2D eigenvalue weighted by Crippen LogP contribution is 2.07. The first-order chi connectivity index (χ1) is 17.0. The summed E-state index contributed by atoms with van der Waals surface area (Å²) in [5.41, 5.74) is 17.0. The Morgan fingerprint density at radius 1 is 1.11 bits per heavy atom. The van der Waals surface area contributed by atoms with Crippen LogP contribution in [-0.4, -0.2) is 81.2 Å². The number of hydrogen-bond donors (Lipinski definition) is 9. The molecule has 0 saturated carbocycles. The number of amides is 3. The van der Waals surface area contributed by atoms with Crippen LogP contribution in [0.4, 0.5) is 0 Å². The number of guanidine groups is 1. The highest BCUT2D eigenvalue weighted by Gasteiger charge is 2.30. The van der Waals surface area contributed by atoms with Crippen molar-refractivity contribution in [2.24, 2.45) is 28.1 Å². The molecule has 0 saturated heterocycles. The van der Waals surface area contributed by atoms with Crippen LogP contribution < -0.4 is 33.2 Å². The molecular formula is C21H37N9O5S. The number of nitrogens with two attached hydrogens (primary N) is 3. The van der Waals surface area contributed by atoms with Gasteiger partial charge >= 0.3 is 5.97 Å². The number of hydrogen-bond acceptors (Lipinski definition) is 8. The number of nitrogens with one attached hydrogen (secondary N) is 4. The maximum atomic E-state index is 13.0. The SMILES string of the molecule is CCC(C)C(N)C(=O)NC(CS)C(=O)NC(Cc1cnc[nH]1)C(=O)NC(CCCN=C(N)N)C(=O)O. The Morgan fingerprint density at radius 3 is 2.25 bits per heavy atom. The van der Waals surface area contributed by atoms with Gasteiger partial charge in [-0.3, -0.25) is 19.4 Å². The van der Waals surface area contributed by atoms with E-state index in [1.165, 1.54) is 12.5 Å². The smallest absolute Gasteiger partial charge is 0.326 e. The van der Waals surface area contributed by atoms with Gasteiger partial charge in [0.25, 0.3) is 0 Å². The third-order valence-corrected chi connectivity index (χ3v) is 5.91. The fourth-order valence-electron chi connectivity index (χ4n) is 3.11. The molecule has 1 heterocycles. The molecule has 0 aliphatic carbocycles. The topological polar surface area (TPSA) is 244 Å². The second-order valence-corrected chi connectivity index (χ2v) is 8.71. The van der Waals surface area contributed by atoms with E-state index in [1.807, 2.05) is 13.8 Å². The van der Waals surface area contributed by atoms with Crippen LogP contribution >= 0.6 is 12.6 Å². The van der Waals surface area contributed by atoms with E-state index in [4.69, 9.17) is 17.2 Å². The third-order valence-electron chi connectivity index (χ3n) is 5.55. The minimum Gasteiger partial charge on any atom is -0.480 e. The Bertz CT molecular complexity index is 892. The predicted octanol–water partition coefficient (Wildman–Crippen LogP) is -2.15. The molecule has 15 heteroatoms. The highest BCUT2D eigenvalue weighted by atomic mass is 32.1. The Kier molecular flexibility index (Phi) is 13.3. The predicted molar refractivity (Wildman–Crippen MR) is 137 cm³/mol. The lowest BCUT2D eigenvalue weighted by Gasteiger charge is -2.25. The number of carboxylic acids is 1. The Balaban J connectivity index is 2.94. The fourth-order valence-corrected chi connectivity index (χ4v) is 3.36. The molecule has 0 radical (unpaired) electrons. The molecule has 3 amide bonds. The van der Waals surface area contributed by atoms with Crippen LogP contribution in [0.5, 0.6) is 0 Å². The number of rotatable bonds is 16. The summed E-state index contributed by atoms with van der Waals surface area (Å²) in [6.07, 6.45) is 3.91. The summed E-state index contributed by atoms with van der Waals surface area (Å²) in [4.78, 5) is 60.6. The summed E-state index contributed by atoms with van der Waals surface area (Å²) in [6, 6.07) is -4.28. The van der Waals surface area contributed by atoms with E-state index in [9.17, 15) is 24.3 Å². The van der Waals surface area contributed by atoms with Gasteiger partial charge in [-0.25, -0.2) is 9.78 Å². The summed E-state index contributed by atoms with van der Waals surface area (Å²) in [5.74, 6) is -3.44. The number of carbonyl (C=O) groups excluding carboxylic acids is 3. The van der Waals surface area contributed by atoms with Crippen LogP contribution in [-0.2, 0) is 25.6 Å². The second kappa shape index (κ2) is 15.6. The number of aliphatic imine (C=N–C) groups is 1. The van der Waals surface area contributed by atoms with Crippen LogP contribution in [0, 0.1) is 5.92 Å². The van der Waals surface area contributed by atoms with Gasteiger partial charge in [-0.05, 0) is 18.8 Å². The van der Waals surface area contributed by atoms with E-state index in [1.54, 1.807) is 0 Å². The standard InChI is InChI=1S/C21H37N9O5S/c1-3-11(2)16(22)19(33)30-15(9-36)18(32)29-14(7-12-8-25-10-27-12)17(31)28-13(20(34)35)5-4-6-26-21(23)24/h8,10-11,13-16,36H,3-7,9,22H2,1-2H3,(H,25,27)(H,28,31)(H,29,32)(H,30,33)(H,34,35)(H4,23,24,26). The van der Waals surface area contributed by atoms with Gasteiger partial charge in [0.05, 0.1) is 12.4 Å². The zero-order chi connectivity index (χ0) is 27.3. The average molecular weight is 528 g/mol. The molecule has 11 N–H and O–H groups in total. The molecule has 14 nitrogen and oxygen atoms in total. The van der Waals surface area contributed by atoms with Crippen molar-refractivity contribution in [1.82, 2.24) is 25.9 Å². The zero-order valence-corrected chi connectivity index (χ0v) is 21.3. The molecular weight excluding hydrogens is 490 g/mol. The number of aromatic amines is 1. The van der Waals surface area contributed by atoms with Crippen molar-refractivity contribution in [1.29, 1.82) is 0 Å². The second-order valence-electron chi connectivity index (χ2n) is 8.35. The van der Waals surface area contributed by atoms with Crippen molar-refractivity contribution in [3.8, 4) is 0 Å². The van der Waals surface area contributed by atoms with Crippen molar-refractivity contribution in [3.05, 3.63) is 18.2 Å². The van der Waals surface area contributed by atoms with E-state index >= 15 is 0 Å². The Morgan fingerprint density at radius 2 is 1.72 bits per heavy atom. The van der Waals surface area contributed by atoms with Gasteiger partial charge in [-0.1, -0.05) is 20.3 Å². The van der Waals surface area contributed by atoms with Crippen molar-refractivity contribution in [3.63, 3.8) is 0 Å².